The fraction of sp³-hybridized carbons (Fsp3) is 0.587. The maximum atomic E-state index is 15.0. The van der Waals surface area contributed by atoms with E-state index in [0.29, 0.717) is 35.1 Å². The number of hydroxylamine groups is 2. The number of unbranched alkanes of at least 4 members (excludes halogenated alkanes) is 4. The normalized spacial score (nSPS) is 28.3. The van der Waals surface area contributed by atoms with Gasteiger partial charge in [-0.05, 0) is 47.7 Å². The van der Waals surface area contributed by atoms with Crippen LogP contribution in [0.5, 0.6) is 0 Å². The number of cyclic esters (lactones) is 1. The Morgan fingerprint density at radius 2 is 1.67 bits per heavy atom. The second-order valence-electron chi connectivity index (χ2n) is 17.5. The summed E-state index contributed by atoms with van der Waals surface area (Å²) in [6.07, 6.45) is 5.96. The van der Waals surface area contributed by atoms with Gasteiger partial charge in [0.05, 0.1) is 13.2 Å². The fourth-order valence-corrected chi connectivity index (χ4v) is 9.39. The minimum Gasteiger partial charge on any atom is -0.462 e. The van der Waals surface area contributed by atoms with Gasteiger partial charge in [0.1, 0.15) is 36.4 Å². The van der Waals surface area contributed by atoms with E-state index in [4.69, 9.17) is 28.5 Å². The first kappa shape index (κ1) is 44.4. The number of nitrogens with one attached hydrogen (secondary N) is 2. The highest BCUT2D eigenvalue weighted by Crippen LogP contribution is 2.58. The number of carbonyl (C=O) groups is 5. The third-order valence-electron chi connectivity index (χ3n) is 12.6. The lowest BCUT2D eigenvalue weighted by molar-refractivity contribution is -0.224. The topological polar surface area (TPSA) is 188 Å². The van der Waals surface area contributed by atoms with E-state index < -0.39 is 77.0 Å². The van der Waals surface area contributed by atoms with E-state index in [0.717, 1.165) is 38.5 Å². The Morgan fingerprint density at radius 1 is 0.934 bits per heavy atom. The Hall–Kier alpha value is -4.67. The highest BCUT2D eigenvalue weighted by atomic mass is 16.8. The number of hydrogen-bond acceptors (Lipinski definition) is 13. The number of esters is 3. The molecule has 61 heavy (non-hydrogen) atoms. The van der Waals surface area contributed by atoms with Crippen LogP contribution in [0, 0.1) is 10.8 Å². The van der Waals surface area contributed by atoms with Crippen LogP contribution in [0.1, 0.15) is 113 Å². The van der Waals surface area contributed by atoms with Gasteiger partial charge in [-0.1, -0.05) is 89.8 Å². The van der Waals surface area contributed by atoms with Crippen molar-refractivity contribution >= 4 is 35.8 Å². The number of nitrogens with zero attached hydrogens (tertiary/aromatic N) is 1. The first-order valence-electron chi connectivity index (χ1n) is 21.7. The van der Waals surface area contributed by atoms with Crippen LogP contribution in [0.2, 0.25) is 0 Å². The van der Waals surface area contributed by atoms with Crippen molar-refractivity contribution in [1.82, 2.24) is 15.7 Å². The van der Waals surface area contributed by atoms with Crippen LogP contribution < -0.4 is 10.6 Å². The average molecular weight is 846 g/mol. The van der Waals surface area contributed by atoms with E-state index in [-0.39, 0.29) is 45.2 Å². The quantitative estimate of drug-likeness (QED) is 0.0767. The molecule has 1 aliphatic carbocycles. The standard InChI is InChI=1S/C46H59N3O12/c1-5-7-11-20-45(21-12-8-6-2)59-35-33-25-46(43(55)48-26-29-14-13-17-31(24-29)40(52)47-22-23-50)37(41(53)57-33)49(61-38(46)36(35)60-45)27-32-16-10-9-15-30(32)18-19-34(51)58-39-42(54)56-28-44(39,3)4/h9-10,13-19,24,33,35-39,50H,5-8,11-12,20-23,25-28H2,1-4H3,(H,47,52)(H,48,55)/t33?,35-,36-,37-,38+,39-,46?/m0/s1. The van der Waals surface area contributed by atoms with Crippen molar-refractivity contribution in [2.75, 3.05) is 19.8 Å². The molecule has 15 heteroatoms. The van der Waals surface area contributed by atoms with E-state index in [2.05, 4.69) is 24.5 Å². The van der Waals surface area contributed by atoms with Crippen molar-refractivity contribution in [1.29, 1.82) is 0 Å². The van der Waals surface area contributed by atoms with E-state index >= 15 is 0 Å². The average Bonchev–Trinajstić information content (AvgIpc) is 3.89. The molecular formula is C46H59N3O12. The lowest BCUT2D eigenvalue weighted by Crippen LogP contribution is -2.69. The number of rotatable bonds is 19. The smallest absolute Gasteiger partial charge is 0.348 e. The molecule has 4 heterocycles. The van der Waals surface area contributed by atoms with E-state index in [1.807, 2.05) is 12.1 Å². The van der Waals surface area contributed by atoms with Crippen LogP contribution in [0.15, 0.2) is 54.6 Å². The molecule has 1 saturated carbocycles. The number of fused-ring (bicyclic) bond motifs is 4. The molecule has 4 saturated heterocycles. The number of aliphatic hydroxyl groups excluding tert-OH is 1. The minimum atomic E-state index is -1.44. The second kappa shape index (κ2) is 18.7. The van der Waals surface area contributed by atoms with Crippen LogP contribution in [-0.2, 0) is 60.8 Å². The van der Waals surface area contributed by atoms with Crippen LogP contribution >= 0.6 is 0 Å². The van der Waals surface area contributed by atoms with Gasteiger partial charge in [0, 0.05) is 49.4 Å². The summed E-state index contributed by atoms with van der Waals surface area (Å²) in [5.41, 5.74) is 0.228. The molecule has 330 valence electrons. The van der Waals surface area contributed by atoms with Gasteiger partial charge in [0.15, 0.2) is 11.8 Å². The Kier molecular flexibility index (Phi) is 13.6. The van der Waals surface area contributed by atoms with Crippen LogP contribution in [-0.4, -0.2) is 102 Å². The predicted octanol–water partition coefficient (Wildman–Crippen LogP) is 4.67. The Labute approximate surface area is 356 Å². The van der Waals surface area contributed by atoms with E-state index in [1.54, 1.807) is 56.3 Å². The summed E-state index contributed by atoms with van der Waals surface area (Å²) >= 11 is 0. The fourth-order valence-electron chi connectivity index (χ4n) is 9.39. The molecular weight excluding hydrogens is 787 g/mol. The molecule has 0 spiro atoms. The lowest BCUT2D eigenvalue weighted by Gasteiger charge is -2.48. The summed E-state index contributed by atoms with van der Waals surface area (Å²) in [4.78, 5) is 74.1. The molecule has 2 bridgehead atoms. The van der Waals surface area contributed by atoms with Crippen LogP contribution in [0.25, 0.3) is 6.08 Å². The molecule has 2 amide bonds. The molecule has 4 aliphatic heterocycles. The second-order valence-corrected chi connectivity index (χ2v) is 17.5. The third kappa shape index (κ3) is 9.12. The Bertz CT molecular complexity index is 1980. The molecule has 15 nitrogen and oxygen atoms in total. The van der Waals surface area contributed by atoms with Gasteiger partial charge in [0.2, 0.25) is 12.0 Å². The number of hydrogen-bond donors (Lipinski definition) is 3. The summed E-state index contributed by atoms with van der Waals surface area (Å²) in [7, 11) is 0. The van der Waals surface area contributed by atoms with Gasteiger partial charge in [-0.25, -0.2) is 9.59 Å². The monoisotopic (exact) mass is 845 g/mol. The van der Waals surface area contributed by atoms with Crippen molar-refractivity contribution < 1.29 is 57.6 Å². The Morgan fingerprint density at radius 3 is 2.38 bits per heavy atom. The van der Waals surface area contributed by atoms with Crippen molar-refractivity contribution in [2.24, 2.45) is 10.8 Å². The first-order valence-corrected chi connectivity index (χ1v) is 21.7. The van der Waals surface area contributed by atoms with Gasteiger partial charge < -0.3 is 39.4 Å². The molecule has 2 unspecified atom stereocenters. The zero-order valence-corrected chi connectivity index (χ0v) is 35.5. The van der Waals surface area contributed by atoms with Crippen molar-refractivity contribution in [2.45, 2.75) is 141 Å². The van der Waals surface area contributed by atoms with Crippen molar-refractivity contribution in [3.8, 4) is 0 Å². The zero-order chi connectivity index (χ0) is 43.4. The van der Waals surface area contributed by atoms with Crippen molar-refractivity contribution in [3.63, 3.8) is 0 Å². The molecule has 0 radical (unpaired) electrons. The number of carbonyl (C=O) groups excluding carboxylic acids is 5. The predicted molar refractivity (Wildman–Crippen MR) is 220 cm³/mol. The number of ether oxygens (including phenoxy) is 5. The van der Waals surface area contributed by atoms with Gasteiger partial charge >= 0.3 is 17.9 Å². The number of aliphatic hydroxyl groups is 1. The molecule has 7 atom stereocenters. The summed E-state index contributed by atoms with van der Waals surface area (Å²) in [5.74, 6) is -3.62. The number of benzene rings is 2. The van der Waals surface area contributed by atoms with E-state index in [1.165, 1.54) is 11.1 Å². The lowest BCUT2D eigenvalue weighted by atomic mass is 9.62. The van der Waals surface area contributed by atoms with Gasteiger partial charge in [-0.15, -0.1) is 0 Å². The number of amides is 2. The SMILES string of the molecule is CCCCCC1(CCCCC)O[C@@H]2[C@H]3ON(Cc4ccccc4C=CC(=O)O[C@H]4C(=O)OCC4(C)C)[C@H]4C(=O)OC(CC34C(=O)NCc3cccc(C(=O)NCCO)c3)[C@@H]2O1. The molecule has 2 aromatic rings. The van der Waals surface area contributed by atoms with Crippen LogP contribution in [0.3, 0.4) is 0 Å². The summed E-state index contributed by atoms with van der Waals surface area (Å²) in [6, 6.07) is 12.9. The van der Waals surface area contributed by atoms with Crippen molar-refractivity contribution in [3.05, 3.63) is 76.9 Å². The molecule has 3 N–H and O–H groups in total. The first-order chi connectivity index (χ1) is 29.3. The minimum absolute atomic E-state index is 0.0366. The molecule has 7 rings (SSSR count). The van der Waals surface area contributed by atoms with Gasteiger partial charge in [-0.2, -0.15) is 5.06 Å². The summed E-state index contributed by atoms with van der Waals surface area (Å²) in [6.45, 7) is 8.01. The summed E-state index contributed by atoms with van der Waals surface area (Å²) < 4.78 is 30.7. The maximum absolute atomic E-state index is 15.0. The van der Waals surface area contributed by atoms with Crippen LogP contribution in [0.4, 0.5) is 0 Å². The molecule has 0 aromatic heterocycles. The molecule has 5 aliphatic rings. The maximum Gasteiger partial charge on any atom is 0.348 e. The van der Waals surface area contributed by atoms with Gasteiger partial charge in [0.25, 0.3) is 5.91 Å². The highest BCUT2D eigenvalue weighted by molar-refractivity contribution is 5.95. The van der Waals surface area contributed by atoms with Gasteiger partial charge in [-0.3, -0.25) is 19.2 Å². The molecule has 2 aromatic carbocycles. The summed E-state index contributed by atoms with van der Waals surface area (Å²) in [5, 5.41) is 16.4. The zero-order valence-electron chi connectivity index (χ0n) is 35.5. The molecule has 5 fully saturated rings. The third-order valence-corrected chi connectivity index (χ3v) is 12.6. The highest BCUT2D eigenvalue weighted by Gasteiger charge is 2.76. The largest absolute Gasteiger partial charge is 0.462 e. The van der Waals surface area contributed by atoms with E-state index in [9.17, 15) is 29.1 Å². The Balaban J connectivity index is 1.18.